The molecule has 1 aromatic heterocycles. The van der Waals surface area contributed by atoms with Crippen molar-refractivity contribution in [3.05, 3.63) is 82.5 Å². The zero-order chi connectivity index (χ0) is 23.0. The van der Waals surface area contributed by atoms with Crippen LogP contribution in [0, 0.1) is 0 Å². The number of rotatable bonds is 11. The van der Waals surface area contributed by atoms with Crippen LogP contribution >= 0.6 is 0 Å². The summed E-state index contributed by atoms with van der Waals surface area (Å²) in [6, 6.07) is 20.2. The molecule has 0 aliphatic heterocycles. The summed E-state index contributed by atoms with van der Waals surface area (Å²) < 4.78 is 17.9. The molecule has 1 unspecified atom stereocenters. The van der Waals surface area contributed by atoms with E-state index in [4.69, 9.17) is 13.9 Å². The van der Waals surface area contributed by atoms with Gasteiger partial charge in [0.2, 0.25) is 5.43 Å². The lowest BCUT2D eigenvalue weighted by Crippen LogP contribution is -2.31. The average Bonchev–Trinajstić information content (AvgIpc) is 2.84. The van der Waals surface area contributed by atoms with Crippen molar-refractivity contribution >= 4 is 21.9 Å². The van der Waals surface area contributed by atoms with Crippen LogP contribution in [0.5, 0.6) is 11.5 Å². The molecule has 0 aliphatic rings. The molecule has 0 saturated heterocycles. The number of aliphatic hydroxyl groups is 1. The second-order valence-corrected chi connectivity index (χ2v) is 8.02. The molecule has 33 heavy (non-hydrogen) atoms. The summed E-state index contributed by atoms with van der Waals surface area (Å²) >= 11 is 0. The van der Waals surface area contributed by atoms with Gasteiger partial charge in [-0.2, -0.15) is 0 Å². The van der Waals surface area contributed by atoms with Gasteiger partial charge in [0.05, 0.1) is 5.39 Å². The molecule has 0 amide bonds. The molecule has 1 atom stereocenters. The minimum Gasteiger partial charge on any atom is -0.491 e. The molecule has 0 spiro atoms. The standard InChI is InChI=1S/C27H29NO5/c1-2-3-13-28-16-20(29)18-31-21-14-24(32-17-19-9-5-4-6-10-19)26-25(15-21)33-23-12-8-7-11-22(23)27(26)30/h4-12,14-15,20,28-29H,2-3,13,16-18H2,1H3. The quantitative estimate of drug-likeness (QED) is 0.257. The third kappa shape index (κ3) is 5.72. The van der Waals surface area contributed by atoms with Gasteiger partial charge in [0, 0.05) is 18.7 Å². The van der Waals surface area contributed by atoms with E-state index >= 15 is 0 Å². The van der Waals surface area contributed by atoms with Gasteiger partial charge in [-0.05, 0) is 30.7 Å². The van der Waals surface area contributed by atoms with Crippen molar-refractivity contribution in [2.24, 2.45) is 0 Å². The minimum absolute atomic E-state index is 0.112. The highest BCUT2D eigenvalue weighted by molar-refractivity contribution is 5.93. The number of nitrogens with one attached hydrogen (secondary N) is 1. The second kappa shape index (κ2) is 11.0. The van der Waals surface area contributed by atoms with Crippen LogP contribution in [-0.2, 0) is 6.61 Å². The first kappa shape index (κ1) is 22.8. The third-order valence-corrected chi connectivity index (χ3v) is 5.38. The Bertz CT molecular complexity index is 1250. The molecule has 4 rings (SSSR count). The van der Waals surface area contributed by atoms with E-state index in [0.717, 1.165) is 24.9 Å². The van der Waals surface area contributed by atoms with Crippen LogP contribution < -0.4 is 20.2 Å². The van der Waals surface area contributed by atoms with Crippen molar-refractivity contribution in [2.75, 3.05) is 19.7 Å². The number of para-hydroxylation sites is 1. The molecule has 0 aliphatic carbocycles. The smallest absolute Gasteiger partial charge is 0.204 e. The Morgan fingerprint density at radius 2 is 1.79 bits per heavy atom. The van der Waals surface area contributed by atoms with E-state index in [1.165, 1.54) is 0 Å². The maximum atomic E-state index is 13.2. The van der Waals surface area contributed by atoms with Gasteiger partial charge in [0.1, 0.15) is 47.4 Å². The van der Waals surface area contributed by atoms with E-state index in [1.807, 2.05) is 42.5 Å². The lowest BCUT2D eigenvalue weighted by atomic mass is 10.1. The first-order valence-corrected chi connectivity index (χ1v) is 11.3. The fourth-order valence-electron chi connectivity index (χ4n) is 3.62. The molecule has 0 saturated carbocycles. The van der Waals surface area contributed by atoms with Crippen molar-refractivity contribution < 1.29 is 19.0 Å². The molecule has 172 valence electrons. The normalized spacial score (nSPS) is 12.2. The summed E-state index contributed by atoms with van der Waals surface area (Å²) in [4.78, 5) is 13.2. The van der Waals surface area contributed by atoms with Gasteiger partial charge in [-0.15, -0.1) is 0 Å². The molecule has 0 radical (unpaired) electrons. The van der Waals surface area contributed by atoms with Gasteiger partial charge in [-0.3, -0.25) is 4.79 Å². The Morgan fingerprint density at radius 3 is 2.61 bits per heavy atom. The van der Waals surface area contributed by atoms with Gasteiger partial charge < -0.3 is 24.3 Å². The molecule has 6 nitrogen and oxygen atoms in total. The summed E-state index contributed by atoms with van der Waals surface area (Å²) in [7, 11) is 0. The predicted molar refractivity (Wildman–Crippen MR) is 130 cm³/mol. The molecule has 0 bridgehead atoms. The van der Waals surface area contributed by atoms with Crippen LogP contribution in [0.1, 0.15) is 25.3 Å². The second-order valence-electron chi connectivity index (χ2n) is 8.02. The molecule has 6 heteroatoms. The Hall–Kier alpha value is -3.35. The van der Waals surface area contributed by atoms with Crippen LogP contribution in [0.15, 0.2) is 75.9 Å². The first-order chi connectivity index (χ1) is 16.2. The van der Waals surface area contributed by atoms with Crippen LogP contribution in [0.25, 0.3) is 21.9 Å². The van der Waals surface area contributed by atoms with E-state index in [1.54, 1.807) is 24.3 Å². The number of aliphatic hydroxyl groups excluding tert-OH is 1. The van der Waals surface area contributed by atoms with E-state index in [0.29, 0.717) is 46.6 Å². The molecular formula is C27H29NO5. The van der Waals surface area contributed by atoms with Gasteiger partial charge in [0.25, 0.3) is 0 Å². The van der Waals surface area contributed by atoms with Gasteiger partial charge in [0.15, 0.2) is 0 Å². The number of unbranched alkanes of at least 4 members (excludes halogenated alkanes) is 1. The Morgan fingerprint density at radius 1 is 1.00 bits per heavy atom. The van der Waals surface area contributed by atoms with Gasteiger partial charge in [-0.25, -0.2) is 0 Å². The Labute approximate surface area is 192 Å². The van der Waals surface area contributed by atoms with Crippen molar-refractivity contribution in [3.8, 4) is 11.5 Å². The summed E-state index contributed by atoms with van der Waals surface area (Å²) in [6.45, 7) is 3.85. The summed E-state index contributed by atoms with van der Waals surface area (Å²) in [5.74, 6) is 0.859. The number of hydrogen-bond donors (Lipinski definition) is 2. The number of benzene rings is 3. The van der Waals surface area contributed by atoms with E-state index in [-0.39, 0.29) is 12.0 Å². The van der Waals surface area contributed by atoms with Crippen LogP contribution in [0.2, 0.25) is 0 Å². The van der Waals surface area contributed by atoms with Crippen LogP contribution in [-0.4, -0.2) is 30.9 Å². The summed E-state index contributed by atoms with van der Waals surface area (Å²) in [5, 5.41) is 14.3. The van der Waals surface area contributed by atoms with Crippen molar-refractivity contribution in [3.63, 3.8) is 0 Å². The van der Waals surface area contributed by atoms with Crippen molar-refractivity contribution in [1.82, 2.24) is 5.32 Å². The Kier molecular flexibility index (Phi) is 7.60. The number of hydrogen-bond acceptors (Lipinski definition) is 6. The SMILES string of the molecule is CCCCNCC(O)COc1cc(OCc2ccccc2)c2c(=O)c3ccccc3oc2c1. The zero-order valence-electron chi connectivity index (χ0n) is 18.8. The Balaban J connectivity index is 1.62. The summed E-state index contributed by atoms with van der Waals surface area (Å²) in [6.07, 6.45) is 1.50. The van der Waals surface area contributed by atoms with Crippen molar-refractivity contribution in [1.29, 1.82) is 0 Å². The molecular weight excluding hydrogens is 418 g/mol. The lowest BCUT2D eigenvalue weighted by molar-refractivity contribution is 0.106. The van der Waals surface area contributed by atoms with E-state index < -0.39 is 6.10 Å². The molecule has 2 N–H and O–H groups in total. The first-order valence-electron chi connectivity index (χ1n) is 11.3. The third-order valence-electron chi connectivity index (χ3n) is 5.38. The van der Waals surface area contributed by atoms with Crippen molar-refractivity contribution in [2.45, 2.75) is 32.5 Å². The lowest BCUT2D eigenvalue weighted by Gasteiger charge is -2.15. The monoisotopic (exact) mass is 447 g/mol. The topological polar surface area (TPSA) is 80.9 Å². The maximum absolute atomic E-state index is 13.2. The van der Waals surface area contributed by atoms with E-state index in [2.05, 4.69) is 12.2 Å². The molecule has 3 aromatic carbocycles. The van der Waals surface area contributed by atoms with Crippen LogP contribution in [0.4, 0.5) is 0 Å². The molecule has 4 aromatic rings. The number of fused-ring (bicyclic) bond motifs is 2. The molecule has 1 heterocycles. The predicted octanol–water partition coefficient (Wildman–Crippen LogP) is 4.65. The van der Waals surface area contributed by atoms with Gasteiger partial charge >= 0.3 is 0 Å². The zero-order valence-corrected chi connectivity index (χ0v) is 18.8. The van der Waals surface area contributed by atoms with Gasteiger partial charge in [-0.1, -0.05) is 55.8 Å². The molecule has 0 fully saturated rings. The van der Waals surface area contributed by atoms with Crippen LogP contribution in [0.3, 0.4) is 0 Å². The van der Waals surface area contributed by atoms with E-state index in [9.17, 15) is 9.90 Å². The fraction of sp³-hybridized carbons (Fsp3) is 0.296. The minimum atomic E-state index is -0.658. The highest BCUT2D eigenvalue weighted by Gasteiger charge is 2.16. The summed E-state index contributed by atoms with van der Waals surface area (Å²) in [5.41, 5.74) is 1.72. The highest BCUT2D eigenvalue weighted by Crippen LogP contribution is 2.32. The highest BCUT2D eigenvalue weighted by atomic mass is 16.5. The average molecular weight is 448 g/mol. The maximum Gasteiger partial charge on any atom is 0.204 e. The fourth-order valence-corrected chi connectivity index (χ4v) is 3.62. The number of ether oxygens (including phenoxy) is 2. The largest absolute Gasteiger partial charge is 0.491 e.